The summed E-state index contributed by atoms with van der Waals surface area (Å²) in [4.78, 5) is 13.5. The number of halogens is 2. The van der Waals surface area contributed by atoms with E-state index in [1.807, 2.05) is 6.92 Å². The molecule has 2 nitrogen and oxygen atoms in total. The van der Waals surface area contributed by atoms with Crippen molar-refractivity contribution in [2.45, 2.75) is 12.3 Å². The number of nitrogens with zero attached hydrogens (tertiary/aromatic N) is 1. The summed E-state index contributed by atoms with van der Waals surface area (Å²) in [6, 6.07) is 6.99. The first-order valence-electron chi connectivity index (χ1n) is 4.66. The van der Waals surface area contributed by atoms with E-state index in [0.29, 0.717) is 17.1 Å². The number of carbonyl (C=O) groups is 1. The Balaban J connectivity index is 2.81. The molecule has 0 radical (unpaired) electrons. The van der Waals surface area contributed by atoms with Gasteiger partial charge in [-0.1, -0.05) is 23.7 Å². The molecule has 1 aromatic rings. The van der Waals surface area contributed by atoms with Crippen LogP contribution < -0.4 is 0 Å². The predicted octanol–water partition coefficient (Wildman–Crippen LogP) is 3.04. The summed E-state index contributed by atoms with van der Waals surface area (Å²) >= 11 is 11.7. The van der Waals surface area contributed by atoms with Gasteiger partial charge in [-0.15, -0.1) is 11.6 Å². The SMILES string of the molecule is CC(Cl)CN(C)C(=O)c1ccccc1Cl. The zero-order valence-electron chi connectivity index (χ0n) is 8.71. The Kier molecular flexibility index (Phi) is 4.43. The molecule has 0 aliphatic heterocycles. The van der Waals surface area contributed by atoms with Crippen LogP contribution in [0.3, 0.4) is 0 Å². The monoisotopic (exact) mass is 245 g/mol. The van der Waals surface area contributed by atoms with Crippen LogP contribution in [0.4, 0.5) is 0 Å². The van der Waals surface area contributed by atoms with Crippen molar-refractivity contribution in [3.8, 4) is 0 Å². The number of alkyl halides is 1. The predicted molar refractivity (Wildman–Crippen MR) is 63.7 cm³/mol. The van der Waals surface area contributed by atoms with Crippen LogP contribution in [0.2, 0.25) is 5.02 Å². The van der Waals surface area contributed by atoms with E-state index in [1.165, 1.54) is 0 Å². The van der Waals surface area contributed by atoms with Crippen molar-refractivity contribution < 1.29 is 4.79 Å². The second-order valence-electron chi connectivity index (χ2n) is 3.45. The smallest absolute Gasteiger partial charge is 0.255 e. The number of carbonyl (C=O) groups excluding carboxylic acids is 1. The van der Waals surface area contributed by atoms with Gasteiger partial charge < -0.3 is 4.90 Å². The fourth-order valence-corrected chi connectivity index (χ4v) is 1.72. The van der Waals surface area contributed by atoms with Gasteiger partial charge in [-0.3, -0.25) is 4.79 Å². The Morgan fingerprint density at radius 1 is 1.47 bits per heavy atom. The van der Waals surface area contributed by atoms with E-state index in [2.05, 4.69) is 0 Å². The van der Waals surface area contributed by atoms with Gasteiger partial charge in [-0.25, -0.2) is 0 Å². The van der Waals surface area contributed by atoms with Crippen molar-refractivity contribution in [3.05, 3.63) is 34.9 Å². The fourth-order valence-electron chi connectivity index (χ4n) is 1.30. The number of benzene rings is 1. The molecule has 0 aliphatic carbocycles. The first-order chi connectivity index (χ1) is 7.02. The summed E-state index contributed by atoms with van der Waals surface area (Å²) < 4.78 is 0. The lowest BCUT2D eigenvalue weighted by Gasteiger charge is -2.18. The first-order valence-corrected chi connectivity index (χ1v) is 5.48. The Bertz CT molecular complexity index is 352. The van der Waals surface area contributed by atoms with Crippen LogP contribution in [-0.2, 0) is 0 Å². The van der Waals surface area contributed by atoms with Gasteiger partial charge in [0.05, 0.1) is 10.6 Å². The first kappa shape index (κ1) is 12.3. The normalized spacial score (nSPS) is 12.3. The Morgan fingerprint density at radius 3 is 2.60 bits per heavy atom. The van der Waals surface area contributed by atoms with E-state index in [4.69, 9.17) is 23.2 Å². The van der Waals surface area contributed by atoms with Crippen molar-refractivity contribution in [2.24, 2.45) is 0 Å². The highest BCUT2D eigenvalue weighted by atomic mass is 35.5. The standard InChI is InChI=1S/C11H13Cl2NO/c1-8(12)7-14(2)11(15)9-5-3-4-6-10(9)13/h3-6,8H,7H2,1-2H3. The molecule has 1 amide bonds. The molecule has 0 spiro atoms. The molecule has 1 unspecified atom stereocenters. The summed E-state index contributed by atoms with van der Waals surface area (Å²) in [5.74, 6) is -0.104. The molecule has 0 saturated heterocycles. The average molecular weight is 246 g/mol. The molecular weight excluding hydrogens is 233 g/mol. The van der Waals surface area contributed by atoms with E-state index >= 15 is 0 Å². The second-order valence-corrected chi connectivity index (χ2v) is 4.60. The Morgan fingerprint density at radius 2 is 2.07 bits per heavy atom. The van der Waals surface area contributed by atoms with E-state index < -0.39 is 0 Å². The van der Waals surface area contributed by atoms with Gasteiger partial charge in [0.2, 0.25) is 0 Å². The number of amides is 1. The third-order valence-electron chi connectivity index (χ3n) is 1.98. The molecule has 1 aromatic carbocycles. The third kappa shape index (κ3) is 3.40. The summed E-state index contributed by atoms with van der Waals surface area (Å²) in [6.07, 6.45) is 0. The quantitative estimate of drug-likeness (QED) is 0.750. The maximum Gasteiger partial charge on any atom is 0.255 e. The van der Waals surface area contributed by atoms with E-state index in [9.17, 15) is 4.79 Å². The molecular formula is C11H13Cl2NO. The van der Waals surface area contributed by atoms with Crippen molar-refractivity contribution in [1.29, 1.82) is 0 Å². The molecule has 0 heterocycles. The molecule has 0 saturated carbocycles. The largest absolute Gasteiger partial charge is 0.340 e. The van der Waals surface area contributed by atoms with Crippen molar-refractivity contribution >= 4 is 29.1 Å². The number of hydrogen-bond acceptors (Lipinski definition) is 1. The van der Waals surface area contributed by atoms with Crippen LogP contribution in [0.15, 0.2) is 24.3 Å². The number of hydrogen-bond donors (Lipinski definition) is 0. The zero-order chi connectivity index (χ0) is 11.4. The Hall–Kier alpha value is -0.730. The lowest BCUT2D eigenvalue weighted by atomic mass is 10.2. The highest BCUT2D eigenvalue weighted by Crippen LogP contribution is 2.16. The molecule has 1 atom stereocenters. The van der Waals surface area contributed by atoms with Crippen LogP contribution in [0.1, 0.15) is 17.3 Å². The second kappa shape index (κ2) is 5.38. The maximum atomic E-state index is 11.9. The highest BCUT2D eigenvalue weighted by molar-refractivity contribution is 6.33. The van der Waals surface area contributed by atoms with Gasteiger partial charge in [0.15, 0.2) is 0 Å². The van der Waals surface area contributed by atoms with Gasteiger partial charge in [0.1, 0.15) is 0 Å². The topological polar surface area (TPSA) is 20.3 Å². The Labute approximate surface area is 99.8 Å². The minimum atomic E-state index is -0.104. The lowest BCUT2D eigenvalue weighted by molar-refractivity contribution is 0.0796. The molecule has 0 bridgehead atoms. The molecule has 0 aromatic heterocycles. The highest BCUT2D eigenvalue weighted by Gasteiger charge is 2.15. The third-order valence-corrected chi connectivity index (χ3v) is 2.44. The fraction of sp³-hybridized carbons (Fsp3) is 0.364. The minimum Gasteiger partial charge on any atom is -0.340 e. The van der Waals surface area contributed by atoms with E-state index in [-0.39, 0.29) is 11.3 Å². The molecule has 15 heavy (non-hydrogen) atoms. The van der Waals surface area contributed by atoms with Crippen molar-refractivity contribution in [3.63, 3.8) is 0 Å². The van der Waals surface area contributed by atoms with Crippen LogP contribution in [0, 0.1) is 0 Å². The van der Waals surface area contributed by atoms with E-state index in [0.717, 1.165) is 0 Å². The average Bonchev–Trinajstić information content (AvgIpc) is 2.16. The molecule has 0 N–H and O–H groups in total. The van der Waals surface area contributed by atoms with Crippen molar-refractivity contribution in [2.75, 3.05) is 13.6 Å². The van der Waals surface area contributed by atoms with Gasteiger partial charge in [-0.05, 0) is 19.1 Å². The van der Waals surface area contributed by atoms with Crippen LogP contribution in [0.5, 0.6) is 0 Å². The maximum absolute atomic E-state index is 11.9. The van der Waals surface area contributed by atoms with Crippen LogP contribution >= 0.6 is 23.2 Å². The van der Waals surface area contributed by atoms with Crippen molar-refractivity contribution in [1.82, 2.24) is 4.90 Å². The van der Waals surface area contributed by atoms with Crippen LogP contribution in [-0.4, -0.2) is 29.8 Å². The molecule has 0 aliphatic rings. The summed E-state index contributed by atoms with van der Waals surface area (Å²) in [6.45, 7) is 2.35. The number of rotatable bonds is 3. The van der Waals surface area contributed by atoms with Gasteiger partial charge in [0.25, 0.3) is 5.91 Å². The molecule has 4 heteroatoms. The lowest BCUT2D eigenvalue weighted by Crippen LogP contribution is -2.31. The summed E-state index contributed by atoms with van der Waals surface area (Å²) in [7, 11) is 1.71. The van der Waals surface area contributed by atoms with Gasteiger partial charge in [0, 0.05) is 19.0 Å². The summed E-state index contributed by atoms with van der Waals surface area (Å²) in [5.41, 5.74) is 0.513. The zero-order valence-corrected chi connectivity index (χ0v) is 10.2. The van der Waals surface area contributed by atoms with Gasteiger partial charge >= 0.3 is 0 Å². The molecule has 82 valence electrons. The van der Waals surface area contributed by atoms with Gasteiger partial charge in [-0.2, -0.15) is 0 Å². The molecule has 1 rings (SSSR count). The van der Waals surface area contributed by atoms with E-state index in [1.54, 1.807) is 36.2 Å². The minimum absolute atomic E-state index is 0.0681. The molecule has 0 fully saturated rings. The summed E-state index contributed by atoms with van der Waals surface area (Å²) in [5, 5.41) is 0.401. The van der Waals surface area contributed by atoms with Crippen LogP contribution in [0.25, 0.3) is 0 Å².